The highest BCUT2D eigenvalue weighted by molar-refractivity contribution is 9.10. The van der Waals surface area contributed by atoms with Gasteiger partial charge in [-0.3, -0.25) is 0 Å². The van der Waals surface area contributed by atoms with E-state index in [1.165, 1.54) is 17.5 Å². The summed E-state index contributed by atoms with van der Waals surface area (Å²) >= 11 is 3.53. The summed E-state index contributed by atoms with van der Waals surface area (Å²) in [6.45, 7) is 4.09. The molecule has 1 saturated carbocycles. The maximum atomic E-state index is 9.27. The lowest BCUT2D eigenvalue weighted by Crippen LogP contribution is -2.40. The van der Waals surface area contributed by atoms with Crippen LogP contribution in [0.3, 0.4) is 0 Å². The van der Waals surface area contributed by atoms with Crippen LogP contribution in [0.15, 0.2) is 22.7 Å². The molecule has 1 aromatic rings. The second-order valence-electron chi connectivity index (χ2n) is 5.80. The van der Waals surface area contributed by atoms with E-state index in [2.05, 4.69) is 59.1 Å². The third-order valence-corrected chi connectivity index (χ3v) is 4.69. The number of nitriles is 1. The quantitative estimate of drug-likeness (QED) is 0.822. The Hall–Kier alpha value is -0.850. The maximum Gasteiger partial charge on any atom is 0.0703 e. The van der Waals surface area contributed by atoms with Crippen LogP contribution in [-0.4, -0.2) is 25.0 Å². The molecule has 2 nitrogen and oxygen atoms in total. The smallest absolute Gasteiger partial charge is 0.0703 e. The molecule has 0 spiro atoms. The monoisotopic (exact) mass is 320 g/mol. The number of likely N-dealkylation sites (N-methyl/N-ethyl adjacent to an activating group) is 1. The summed E-state index contributed by atoms with van der Waals surface area (Å²) in [5.41, 5.74) is 2.68. The number of benzene rings is 1. The summed E-state index contributed by atoms with van der Waals surface area (Å²) in [5, 5.41) is 9.27. The first kappa shape index (κ1) is 14.6. The highest BCUT2D eigenvalue weighted by atomic mass is 79.9. The van der Waals surface area contributed by atoms with Gasteiger partial charge in [-0.05, 0) is 56.5 Å². The predicted octanol–water partition coefficient (Wildman–Crippen LogP) is 3.93. The third-order valence-electron chi connectivity index (χ3n) is 4.19. The van der Waals surface area contributed by atoms with Gasteiger partial charge in [-0.15, -0.1) is 0 Å². The molecule has 0 aromatic heterocycles. The van der Waals surface area contributed by atoms with Crippen LogP contribution in [0.4, 0.5) is 0 Å². The van der Waals surface area contributed by atoms with Crippen LogP contribution in [0.2, 0.25) is 0 Å². The van der Waals surface area contributed by atoms with E-state index >= 15 is 0 Å². The highest BCUT2D eigenvalue weighted by Crippen LogP contribution is 2.40. The Balaban J connectivity index is 1.88. The summed E-state index contributed by atoms with van der Waals surface area (Å²) in [4.78, 5) is 2.31. The van der Waals surface area contributed by atoms with Crippen molar-refractivity contribution >= 4 is 15.9 Å². The van der Waals surface area contributed by atoms with Gasteiger partial charge in [-0.25, -0.2) is 0 Å². The Morgan fingerprint density at radius 3 is 2.74 bits per heavy atom. The molecule has 0 saturated heterocycles. The Bertz CT molecular complexity index is 486. The zero-order valence-electron chi connectivity index (χ0n) is 11.7. The number of halogens is 1. The zero-order valence-corrected chi connectivity index (χ0v) is 13.3. The molecule has 1 aliphatic carbocycles. The normalized spacial score (nSPS) is 17.0. The van der Waals surface area contributed by atoms with Crippen LogP contribution in [0.5, 0.6) is 0 Å². The molecule has 19 heavy (non-hydrogen) atoms. The van der Waals surface area contributed by atoms with E-state index in [1.54, 1.807) is 0 Å². The summed E-state index contributed by atoms with van der Waals surface area (Å²) in [6, 6.07) is 8.96. The molecule has 0 unspecified atom stereocenters. The first-order chi connectivity index (χ1) is 9.04. The van der Waals surface area contributed by atoms with Crippen molar-refractivity contribution in [2.75, 3.05) is 20.1 Å². The van der Waals surface area contributed by atoms with Gasteiger partial charge in [0.05, 0.1) is 11.5 Å². The van der Waals surface area contributed by atoms with E-state index in [9.17, 15) is 5.26 Å². The molecule has 0 N–H and O–H groups in total. The van der Waals surface area contributed by atoms with Crippen molar-refractivity contribution in [3.63, 3.8) is 0 Å². The minimum absolute atomic E-state index is 0.0545. The van der Waals surface area contributed by atoms with Crippen molar-refractivity contribution < 1.29 is 0 Å². The van der Waals surface area contributed by atoms with Crippen LogP contribution in [0, 0.1) is 23.7 Å². The van der Waals surface area contributed by atoms with E-state index in [0.29, 0.717) is 0 Å². The second-order valence-corrected chi connectivity index (χ2v) is 6.72. The molecule has 0 atom stereocenters. The van der Waals surface area contributed by atoms with Gasteiger partial charge >= 0.3 is 0 Å². The van der Waals surface area contributed by atoms with Gasteiger partial charge < -0.3 is 4.90 Å². The van der Waals surface area contributed by atoms with Crippen LogP contribution in [0.25, 0.3) is 0 Å². The molecule has 0 bridgehead atoms. The zero-order chi connectivity index (χ0) is 13.9. The lowest BCUT2D eigenvalue weighted by atomic mass is 9.69. The second kappa shape index (κ2) is 6.07. The minimum atomic E-state index is -0.0545. The molecule has 0 amide bonds. The lowest BCUT2D eigenvalue weighted by molar-refractivity contribution is 0.139. The van der Waals surface area contributed by atoms with Crippen molar-refractivity contribution in [2.45, 2.75) is 32.6 Å². The van der Waals surface area contributed by atoms with Gasteiger partial charge in [0.2, 0.25) is 0 Å². The molecule has 2 rings (SSSR count). The Labute approximate surface area is 124 Å². The van der Waals surface area contributed by atoms with Gasteiger partial charge in [0, 0.05) is 17.6 Å². The van der Waals surface area contributed by atoms with Gasteiger partial charge in [0.25, 0.3) is 0 Å². The standard InChI is InChI=1S/C16H21BrN2/c1-13-4-5-15(17)10-14(13)6-9-19(2)12-16(11-18)7-3-8-16/h4-5,10H,3,6-9,12H2,1-2H3. The molecule has 0 aliphatic heterocycles. The maximum absolute atomic E-state index is 9.27. The van der Waals surface area contributed by atoms with E-state index in [4.69, 9.17) is 0 Å². The fourth-order valence-electron chi connectivity index (χ4n) is 2.73. The molecule has 0 heterocycles. The fourth-order valence-corrected chi connectivity index (χ4v) is 3.13. The first-order valence-electron chi connectivity index (χ1n) is 6.89. The van der Waals surface area contributed by atoms with Gasteiger partial charge in [0.1, 0.15) is 0 Å². The molecule has 3 heteroatoms. The Morgan fingerprint density at radius 1 is 1.42 bits per heavy atom. The van der Waals surface area contributed by atoms with Crippen molar-refractivity contribution in [1.29, 1.82) is 5.26 Å². The van der Waals surface area contributed by atoms with E-state index in [1.807, 2.05) is 0 Å². The summed E-state index contributed by atoms with van der Waals surface area (Å²) < 4.78 is 1.14. The van der Waals surface area contributed by atoms with Crippen LogP contribution in [-0.2, 0) is 6.42 Å². The van der Waals surface area contributed by atoms with E-state index in [0.717, 1.165) is 36.8 Å². The minimum Gasteiger partial charge on any atom is -0.304 e. The number of hydrogen-bond donors (Lipinski definition) is 0. The number of aryl methyl sites for hydroxylation is 1. The molecule has 102 valence electrons. The fraction of sp³-hybridized carbons (Fsp3) is 0.562. The molecular weight excluding hydrogens is 300 g/mol. The van der Waals surface area contributed by atoms with Gasteiger partial charge in [0.15, 0.2) is 0 Å². The van der Waals surface area contributed by atoms with Crippen molar-refractivity contribution in [2.24, 2.45) is 5.41 Å². The third kappa shape index (κ3) is 3.58. The topological polar surface area (TPSA) is 27.0 Å². The largest absolute Gasteiger partial charge is 0.304 e. The van der Waals surface area contributed by atoms with Crippen molar-refractivity contribution in [1.82, 2.24) is 4.90 Å². The van der Waals surface area contributed by atoms with E-state index < -0.39 is 0 Å². The molecule has 1 aliphatic rings. The van der Waals surface area contributed by atoms with Crippen molar-refractivity contribution in [3.8, 4) is 6.07 Å². The highest BCUT2D eigenvalue weighted by Gasteiger charge is 2.37. The average Bonchev–Trinajstić information content (AvgIpc) is 2.35. The number of hydrogen-bond acceptors (Lipinski definition) is 2. The summed E-state index contributed by atoms with van der Waals surface area (Å²) in [5.74, 6) is 0. The molecular formula is C16H21BrN2. The average molecular weight is 321 g/mol. The lowest BCUT2D eigenvalue weighted by Gasteiger charge is -2.38. The molecule has 1 fully saturated rings. The van der Waals surface area contributed by atoms with Crippen LogP contribution >= 0.6 is 15.9 Å². The molecule has 0 radical (unpaired) electrons. The SMILES string of the molecule is Cc1ccc(Br)cc1CCN(C)CC1(C#N)CCC1. The number of nitrogens with zero attached hydrogens (tertiary/aromatic N) is 2. The summed E-state index contributed by atoms with van der Waals surface area (Å²) in [7, 11) is 2.13. The van der Waals surface area contributed by atoms with Crippen LogP contribution in [0.1, 0.15) is 30.4 Å². The van der Waals surface area contributed by atoms with E-state index in [-0.39, 0.29) is 5.41 Å². The Kier molecular flexibility index (Phi) is 4.65. The first-order valence-corrected chi connectivity index (χ1v) is 7.69. The van der Waals surface area contributed by atoms with Gasteiger partial charge in [-0.2, -0.15) is 5.26 Å². The van der Waals surface area contributed by atoms with Crippen LogP contribution < -0.4 is 0 Å². The Morgan fingerprint density at radius 2 is 2.16 bits per heavy atom. The molecule has 1 aromatic carbocycles. The predicted molar refractivity (Wildman–Crippen MR) is 82.0 cm³/mol. The summed E-state index contributed by atoms with van der Waals surface area (Å²) in [6.07, 6.45) is 4.41. The van der Waals surface area contributed by atoms with Crippen molar-refractivity contribution in [3.05, 3.63) is 33.8 Å². The number of rotatable bonds is 5. The van der Waals surface area contributed by atoms with Gasteiger partial charge in [-0.1, -0.05) is 28.4 Å².